The van der Waals surface area contributed by atoms with Gasteiger partial charge in [0.05, 0.1) is 6.04 Å². The van der Waals surface area contributed by atoms with Gasteiger partial charge in [-0.05, 0) is 38.4 Å². The third-order valence-electron chi connectivity index (χ3n) is 3.83. The highest BCUT2D eigenvalue weighted by atomic mass is 19.4. The number of hydrogen-bond donors (Lipinski definition) is 2. The van der Waals surface area contributed by atoms with Crippen LogP contribution in [0.1, 0.15) is 18.1 Å². The maximum absolute atomic E-state index is 12.3. The molecule has 2 N–H and O–H groups in total. The maximum atomic E-state index is 12.3. The van der Waals surface area contributed by atoms with E-state index in [0.717, 1.165) is 11.1 Å². The summed E-state index contributed by atoms with van der Waals surface area (Å²) in [6.07, 6.45) is -6.50. The minimum absolute atomic E-state index is 0.365. The number of aliphatic hydroxyl groups is 1. The summed E-state index contributed by atoms with van der Waals surface area (Å²) in [4.78, 5) is 13.2. The van der Waals surface area contributed by atoms with Crippen molar-refractivity contribution in [1.82, 2.24) is 10.2 Å². The molecule has 0 bridgehead atoms. The first-order valence-electron chi connectivity index (χ1n) is 7.40. The fourth-order valence-electron chi connectivity index (χ4n) is 2.09. The molecule has 2 unspecified atom stereocenters. The smallest absolute Gasteiger partial charge is 0.382 e. The number of hydrogen-bond acceptors (Lipinski definition) is 3. The van der Waals surface area contributed by atoms with Gasteiger partial charge in [-0.2, -0.15) is 13.2 Å². The molecule has 130 valence electrons. The van der Waals surface area contributed by atoms with Crippen LogP contribution in [0.4, 0.5) is 13.2 Å². The molecule has 4 nitrogen and oxygen atoms in total. The number of carbonyl (C=O) groups excluding carboxylic acids is 1. The van der Waals surface area contributed by atoms with Crippen LogP contribution < -0.4 is 5.32 Å². The van der Waals surface area contributed by atoms with Crippen LogP contribution >= 0.6 is 0 Å². The van der Waals surface area contributed by atoms with Crippen molar-refractivity contribution in [2.24, 2.45) is 0 Å². The van der Waals surface area contributed by atoms with Crippen molar-refractivity contribution < 1.29 is 23.1 Å². The fraction of sp³-hybridized carbons (Fsp3) is 0.562. The molecule has 23 heavy (non-hydrogen) atoms. The molecule has 0 heterocycles. The number of benzene rings is 1. The first kappa shape index (κ1) is 19.4. The van der Waals surface area contributed by atoms with E-state index >= 15 is 0 Å². The molecule has 1 amide bonds. The molecule has 0 radical (unpaired) electrons. The van der Waals surface area contributed by atoms with E-state index < -0.39 is 24.9 Å². The van der Waals surface area contributed by atoms with E-state index in [9.17, 15) is 18.0 Å². The molecule has 1 aromatic carbocycles. The Labute approximate surface area is 134 Å². The Hall–Kier alpha value is -1.60. The second-order valence-corrected chi connectivity index (χ2v) is 5.64. The first-order chi connectivity index (χ1) is 10.6. The van der Waals surface area contributed by atoms with Crippen LogP contribution in [0.15, 0.2) is 24.3 Å². The predicted molar refractivity (Wildman–Crippen MR) is 82.0 cm³/mol. The van der Waals surface area contributed by atoms with E-state index in [0.29, 0.717) is 13.0 Å². The van der Waals surface area contributed by atoms with Crippen molar-refractivity contribution in [1.29, 1.82) is 0 Å². The summed E-state index contributed by atoms with van der Waals surface area (Å²) in [7, 11) is 1.38. The van der Waals surface area contributed by atoms with Crippen molar-refractivity contribution in [2.45, 2.75) is 38.6 Å². The van der Waals surface area contributed by atoms with Gasteiger partial charge in [-0.3, -0.25) is 9.69 Å². The number of halogens is 3. The number of aliphatic hydroxyl groups excluding tert-OH is 1. The molecule has 0 aliphatic carbocycles. The van der Waals surface area contributed by atoms with Gasteiger partial charge >= 0.3 is 6.18 Å². The van der Waals surface area contributed by atoms with Crippen LogP contribution in [0.5, 0.6) is 0 Å². The summed E-state index contributed by atoms with van der Waals surface area (Å²) in [5, 5.41) is 11.8. The van der Waals surface area contributed by atoms with Gasteiger partial charge in [0.15, 0.2) is 6.10 Å². The van der Waals surface area contributed by atoms with Crippen molar-refractivity contribution in [3.8, 4) is 0 Å². The Morgan fingerprint density at radius 1 is 1.35 bits per heavy atom. The van der Waals surface area contributed by atoms with E-state index in [1.54, 1.807) is 0 Å². The number of rotatable bonds is 7. The van der Waals surface area contributed by atoms with E-state index in [4.69, 9.17) is 5.11 Å². The second kappa shape index (κ2) is 8.31. The molecule has 0 saturated carbocycles. The van der Waals surface area contributed by atoms with Crippen LogP contribution in [-0.4, -0.2) is 54.4 Å². The van der Waals surface area contributed by atoms with Crippen molar-refractivity contribution in [2.75, 3.05) is 20.1 Å². The van der Waals surface area contributed by atoms with Crippen molar-refractivity contribution in [3.05, 3.63) is 35.4 Å². The normalized spacial score (nSPS) is 14.6. The molecule has 1 aromatic rings. The fourth-order valence-corrected chi connectivity index (χ4v) is 2.09. The Bertz CT molecular complexity index is 520. The Morgan fingerprint density at radius 3 is 2.52 bits per heavy atom. The highest BCUT2D eigenvalue weighted by molar-refractivity contribution is 5.81. The SMILES string of the molecule is Cc1ccccc1CCNC(=O)C(C)N(C)CC(O)C(F)(F)F. The summed E-state index contributed by atoms with van der Waals surface area (Å²) in [6.45, 7) is 3.25. The zero-order valence-corrected chi connectivity index (χ0v) is 13.5. The van der Waals surface area contributed by atoms with Gasteiger partial charge in [0.25, 0.3) is 0 Å². The van der Waals surface area contributed by atoms with Gasteiger partial charge in [0.2, 0.25) is 5.91 Å². The lowest BCUT2D eigenvalue weighted by atomic mass is 10.1. The Balaban J connectivity index is 2.43. The quantitative estimate of drug-likeness (QED) is 0.802. The molecule has 1 rings (SSSR count). The average Bonchev–Trinajstić information content (AvgIpc) is 2.47. The number of likely N-dealkylation sites (N-methyl/N-ethyl adjacent to an activating group) is 1. The lowest BCUT2D eigenvalue weighted by molar-refractivity contribution is -0.208. The molecule has 2 atom stereocenters. The molecular formula is C16H23F3N2O2. The van der Waals surface area contributed by atoms with Gasteiger partial charge < -0.3 is 10.4 Å². The number of carbonyl (C=O) groups is 1. The average molecular weight is 332 g/mol. The van der Waals surface area contributed by atoms with E-state index in [1.807, 2.05) is 31.2 Å². The molecule has 0 aliphatic heterocycles. The monoisotopic (exact) mass is 332 g/mol. The Morgan fingerprint density at radius 2 is 1.96 bits per heavy atom. The van der Waals surface area contributed by atoms with E-state index in [-0.39, 0.29) is 5.91 Å². The zero-order chi connectivity index (χ0) is 17.6. The first-order valence-corrected chi connectivity index (χ1v) is 7.40. The van der Waals surface area contributed by atoms with Gasteiger partial charge in [-0.25, -0.2) is 0 Å². The van der Waals surface area contributed by atoms with Crippen LogP contribution in [0.25, 0.3) is 0 Å². The molecule has 0 aromatic heterocycles. The molecule has 0 fully saturated rings. The largest absolute Gasteiger partial charge is 0.415 e. The highest BCUT2D eigenvalue weighted by Crippen LogP contribution is 2.20. The summed E-state index contributed by atoms with van der Waals surface area (Å²) < 4.78 is 37.0. The lowest BCUT2D eigenvalue weighted by Gasteiger charge is -2.27. The molecule has 0 saturated heterocycles. The van der Waals surface area contributed by atoms with Crippen LogP contribution in [0, 0.1) is 6.92 Å². The number of amides is 1. The standard InChI is InChI=1S/C16H23F3N2O2/c1-11-6-4-5-7-13(11)8-9-20-15(23)12(2)21(3)10-14(22)16(17,18)19/h4-7,12,14,22H,8-10H2,1-3H3,(H,20,23). The molecule has 0 spiro atoms. The summed E-state index contributed by atoms with van der Waals surface area (Å²) in [5.74, 6) is -0.365. The molecular weight excluding hydrogens is 309 g/mol. The van der Waals surface area contributed by atoms with Gasteiger partial charge in [-0.15, -0.1) is 0 Å². The number of alkyl halides is 3. The number of nitrogens with zero attached hydrogens (tertiary/aromatic N) is 1. The van der Waals surface area contributed by atoms with Crippen molar-refractivity contribution >= 4 is 5.91 Å². The third-order valence-corrected chi connectivity index (χ3v) is 3.83. The van der Waals surface area contributed by atoms with Crippen molar-refractivity contribution in [3.63, 3.8) is 0 Å². The molecule has 7 heteroatoms. The minimum Gasteiger partial charge on any atom is -0.382 e. The van der Waals surface area contributed by atoms with Gasteiger partial charge in [-0.1, -0.05) is 24.3 Å². The molecule has 0 aliphatic rings. The third kappa shape index (κ3) is 6.19. The minimum atomic E-state index is -4.69. The van der Waals surface area contributed by atoms with Gasteiger partial charge in [0.1, 0.15) is 0 Å². The van der Waals surface area contributed by atoms with Gasteiger partial charge in [0, 0.05) is 13.1 Å². The maximum Gasteiger partial charge on any atom is 0.415 e. The topological polar surface area (TPSA) is 52.6 Å². The summed E-state index contributed by atoms with van der Waals surface area (Å²) in [5.41, 5.74) is 2.24. The predicted octanol–water partition coefficient (Wildman–Crippen LogP) is 1.90. The summed E-state index contributed by atoms with van der Waals surface area (Å²) >= 11 is 0. The lowest BCUT2D eigenvalue weighted by Crippen LogP contribution is -2.48. The second-order valence-electron chi connectivity index (χ2n) is 5.64. The highest BCUT2D eigenvalue weighted by Gasteiger charge is 2.39. The number of nitrogens with one attached hydrogen (secondary N) is 1. The van der Waals surface area contributed by atoms with E-state index in [2.05, 4.69) is 5.32 Å². The summed E-state index contributed by atoms with van der Waals surface area (Å²) in [6, 6.07) is 7.03. The number of aryl methyl sites for hydroxylation is 1. The van der Waals surface area contributed by atoms with Crippen LogP contribution in [0.2, 0.25) is 0 Å². The Kier molecular flexibility index (Phi) is 7.02. The van der Waals surface area contributed by atoms with Crippen LogP contribution in [-0.2, 0) is 11.2 Å². The van der Waals surface area contributed by atoms with Crippen LogP contribution in [0.3, 0.4) is 0 Å². The van der Waals surface area contributed by atoms with E-state index in [1.165, 1.54) is 18.9 Å². The zero-order valence-electron chi connectivity index (χ0n) is 13.5.